The number of fused-ring (bicyclic) bond motifs is 6. The Hall–Kier alpha value is 3.70. The van der Waals surface area contributed by atoms with E-state index in [2.05, 4.69) is 57.2 Å². The normalized spacial score (nSPS) is 47.6. The molecule has 0 spiro atoms. The predicted octanol–water partition coefficient (Wildman–Crippen LogP) is 25.4. The molecule has 0 amide bonds. The molecule has 0 nitrogen and oxygen atoms in total. The van der Waals surface area contributed by atoms with Gasteiger partial charge in [0.1, 0.15) is 20.1 Å². The number of hydrogen-bond donors (Lipinski definition) is 0. The quantitative estimate of drug-likeness (QED) is 0.168. The van der Waals surface area contributed by atoms with E-state index in [4.69, 9.17) is 0 Å². The second kappa shape index (κ2) is 38.4. The van der Waals surface area contributed by atoms with Crippen molar-refractivity contribution in [3.05, 3.63) is 57.2 Å². The maximum atomic E-state index is 2.99. The monoisotopic (exact) mass is 1520 g/mol. The molecule has 522 valence electrons. The Bertz CT molecular complexity index is 1820. The average molecular weight is 1520 g/mol. The van der Waals surface area contributed by atoms with Crippen LogP contribution in [0.25, 0.3) is 0 Å². The van der Waals surface area contributed by atoms with Crippen LogP contribution in [0.2, 0.25) is 52.1 Å². The fourth-order valence-electron chi connectivity index (χ4n) is 33.1. The van der Waals surface area contributed by atoms with Crippen molar-refractivity contribution in [1.29, 1.82) is 0 Å². The summed E-state index contributed by atoms with van der Waals surface area (Å²) in [5, 5.41) is 0. The van der Waals surface area contributed by atoms with Crippen molar-refractivity contribution >= 4 is 40.3 Å². The molecule has 9 saturated carbocycles. The predicted molar refractivity (Wildman–Crippen MR) is 415 cm³/mol. The summed E-state index contributed by atoms with van der Waals surface area (Å²) in [6, 6.07) is 0. The van der Waals surface area contributed by atoms with Gasteiger partial charge in [0.2, 0.25) is 0 Å². The maximum Gasteiger partial charge on any atom is 3.00 e. The Morgan fingerprint density at radius 3 is 0.552 bits per heavy atom. The van der Waals surface area contributed by atoms with E-state index < -0.39 is 0 Å². The van der Waals surface area contributed by atoms with Crippen LogP contribution in [0.1, 0.15) is 314 Å². The van der Waals surface area contributed by atoms with E-state index in [9.17, 15) is 0 Å². The summed E-state index contributed by atoms with van der Waals surface area (Å²) in [5.41, 5.74) is 3.71. The molecule has 11 heterocycles. The van der Waals surface area contributed by atoms with Gasteiger partial charge in [-0.1, -0.05) is 253 Å². The minimum absolute atomic E-state index is 0. The zero-order valence-corrected chi connectivity index (χ0v) is 73.7. The van der Waals surface area contributed by atoms with E-state index in [0.29, 0.717) is 20.1 Å². The molecule has 20 fully saturated rings. The van der Waals surface area contributed by atoms with Gasteiger partial charge >= 0.3 is 98.1 Å². The first-order chi connectivity index (χ1) is 46.2. The third-order valence-corrected chi connectivity index (χ3v) is 33.9. The van der Waals surface area contributed by atoms with Crippen LogP contribution in [-0.4, -0.2) is 40.3 Å². The largest absolute Gasteiger partial charge is 3.00 e. The van der Waals surface area contributed by atoms with E-state index >= 15 is 0 Å². The Morgan fingerprint density at radius 2 is 0.365 bits per heavy atom. The van der Waals surface area contributed by atoms with Crippen molar-refractivity contribution in [3.8, 4) is 0 Å². The van der Waals surface area contributed by atoms with Crippen molar-refractivity contribution in [2.45, 2.75) is 366 Å². The molecule has 0 aromatic heterocycles. The van der Waals surface area contributed by atoms with Crippen LogP contribution >= 0.6 is 0 Å². The summed E-state index contributed by atoms with van der Waals surface area (Å²) in [7, 11) is 0. The molecule has 18 unspecified atom stereocenters. The van der Waals surface area contributed by atoms with Crippen molar-refractivity contribution < 1.29 is 98.1 Å². The van der Waals surface area contributed by atoms with Crippen molar-refractivity contribution in [1.82, 2.24) is 0 Å². The van der Waals surface area contributed by atoms with Crippen molar-refractivity contribution in [3.63, 3.8) is 0 Å². The van der Waals surface area contributed by atoms with Gasteiger partial charge in [0.05, 0.1) is 0 Å². The van der Waals surface area contributed by atoms with E-state index in [-0.39, 0.29) is 98.1 Å². The second-order valence-corrected chi connectivity index (χ2v) is 35.5. The van der Waals surface area contributed by atoms with Crippen LogP contribution in [0.4, 0.5) is 0 Å². The zero-order valence-electron chi connectivity index (χ0n) is 65.2. The molecular formula is C87H147B6Y3. The van der Waals surface area contributed by atoms with Crippen LogP contribution < -0.4 is 0 Å². The first-order valence-corrected chi connectivity index (χ1v) is 44.8. The van der Waals surface area contributed by atoms with Crippen LogP contribution in [0.3, 0.4) is 0 Å². The molecule has 0 aromatic rings. The fraction of sp³-hybridized carbons (Fsp3) is 0.897. The first-order valence-electron chi connectivity index (χ1n) is 44.8. The molecule has 11 saturated heterocycles. The standard InChI is InChI=1S/C39H57B3.C36H54B3.6C2H6.3Y/c1-7-19-25-13-4-15-27-21-9-2-11-23-29-17-6-18-30-24-12-3-10-22-28-16-5-14-26-20(8-1)31(19)37-40(34(25)27)38(32(21)23)42(36(29)30)39(33(22)24)41(37)35(26)28;1-4-13-28-19-10-21-30-15-6-2-8-17-32-23-12-24-33-18-9-3-7-16-31-22-11-20-29(14-5-1)35(31)38-25-37(34(28)30)26-39(27-38)36(32)33;6*1-2;;;/h19-39H,1-18H2;13-18,25-36H,1-12,19-24H2;6*1-2H3;;;/q;-9;;;;;;;3*+3. The molecule has 0 radical (unpaired) electrons. The Kier molecular flexibility index (Phi) is 32.9. The molecule has 9 heteroatoms. The fourth-order valence-corrected chi connectivity index (χ4v) is 33.1. The molecule has 0 aromatic carbocycles. The molecule has 20 aliphatic rings. The SMILES string of the molecule is C1CC2C3CCCC4C5CCCC6C7CCCC8C9CCCC%10C%11CCCC%12C(C1)C2B1C(B(C(B(C1C%12%11)C%109)C78)C56)C34.CC.CC.CC.CC.CC.CC.[CH-]1B2[CH-]B3[CH-]B1C1C4[CH-]CCC[CH-]C5CCCC([CH-]CCC[CH-]C6CCCC([CH-]CCC[CH-]C1CCC4)C36)C25.[Y+3].[Y+3].[Y+3]. The molecule has 0 N–H and O–H groups in total. The van der Waals surface area contributed by atoms with E-state index in [1.54, 1.807) is 116 Å². The first kappa shape index (κ1) is 82.2. The van der Waals surface area contributed by atoms with Crippen LogP contribution in [-0.2, 0) is 98.1 Å². The zero-order chi connectivity index (χ0) is 64.6. The van der Waals surface area contributed by atoms with Gasteiger partial charge in [-0.3, -0.25) is 0 Å². The van der Waals surface area contributed by atoms with Gasteiger partial charge in [0.15, 0.2) is 0 Å². The van der Waals surface area contributed by atoms with Gasteiger partial charge < -0.3 is 57.2 Å². The summed E-state index contributed by atoms with van der Waals surface area (Å²) in [4.78, 5) is 0. The molecular weight excluding hydrogens is 1380 g/mol. The van der Waals surface area contributed by atoms with Crippen LogP contribution in [0.5, 0.6) is 0 Å². The van der Waals surface area contributed by atoms with E-state index in [1.807, 2.05) is 83.1 Å². The smallest absolute Gasteiger partial charge is 0.426 e. The van der Waals surface area contributed by atoms with Gasteiger partial charge in [0, 0.05) is 0 Å². The summed E-state index contributed by atoms with van der Waals surface area (Å²) in [6.07, 6.45) is 81.4. The molecule has 11 aliphatic heterocycles. The Labute approximate surface area is 678 Å². The minimum Gasteiger partial charge on any atom is -0.426 e. The van der Waals surface area contributed by atoms with Crippen molar-refractivity contribution in [2.24, 2.45) is 124 Å². The molecule has 9 aliphatic carbocycles. The molecule has 20 rings (SSSR count). The molecule has 18 atom stereocenters. The average Bonchev–Trinajstić information content (AvgIpc) is 0.647. The third-order valence-electron chi connectivity index (χ3n) is 33.9. The Balaban J connectivity index is 0.000000177. The van der Waals surface area contributed by atoms with Gasteiger partial charge in [-0.25, -0.2) is 20.1 Å². The van der Waals surface area contributed by atoms with Gasteiger partial charge in [-0.15, -0.1) is 19.3 Å². The van der Waals surface area contributed by atoms with Gasteiger partial charge in [-0.2, -0.15) is 91.5 Å². The summed E-state index contributed by atoms with van der Waals surface area (Å²) < 4.78 is 0. The van der Waals surface area contributed by atoms with E-state index in [0.717, 1.165) is 53.0 Å². The summed E-state index contributed by atoms with van der Waals surface area (Å²) >= 11 is 0. The molecule has 96 heavy (non-hydrogen) atoms. The van der Waals surface area contributed by atoms with Gasteiger partial charge in [-0.05, 0) is 127 Å². The minimum atomic E-state index is 0. The summed E-state index contributed by atoms with van der Waals surface area (Å²) in [5.74, 6) is 29.1. The maximum absolute atomic E-state index is 2.99. The number of rotatable bonds is 0. The number of hydrogen-bond acceptors (Lipinski definition) is 0. The van der Waals surface area contributed by atoms with Crippen LogP contribution in [0, 0.1) is 181 Å². The summed E-state index contributed by atoms with van der Waals surface area (Å²) in [6.45, 7) is 29.8. The van der Waals surface area contributed by atoms with Crippen molar-refractivity contribution in [2.75, 3.05) is 0 Å². The molecule has 3 bridgehead atoms. The third kappa shape index (κ3) is 14.7. The topological polar surface area (TPSA) is 0 Å². The van der Waals surface area contributed by atoms with Gasteiger partial charge in [0.25, 0.3) is 0 Å². The second-order valence-electron chi connectivity index (χ2n) is 35.5. The van der Waals surface area contributed by atoms with E-state index in [1.165, 1.54) is 259 Å². The Morgan fingerprint density at radius 1 is 0.198 bits per heavy atom. The van der Waals surface area contributed by atoms with Crippen LogP contribution in [0.15, 0.2) is 0 Å².